The van der Waals surface area contributed by atoms with Crippen molar-refractivity contribution in [2.75, 3.05) is 44.9 Å². The highest BCUT2D eigenvalue weighted by Crippen LogP contribution is 2.13. The molecule has 0 spiro atoms. The molecule has 0 aliphatic heterocycles. The second-order valence-electron chi connectivity index (χ2n) is 18.4. The third-order valence-corrected chi connectivity index (χ3v) is 11.2. The number of carboxylic acids is 2. The molecule has 29 nitrogen and oxygen atoms in total. The Hall–Kier alpha value is -7.65. The van der Waals surface area contributed by atoms with Gasteiger partial charge in [0.05, 0.1) is 39.3 Å². The maximum Gasteiger partial charge on any atom is 0.490 e. The number of halogens is 3. The molecule has 0 aliphatic rings. The number of nitrogens with one attached hydrogen (secondary N) is 10. The number of rotatable bonds is 34. The van der Waals surface area contributed by atoms with Gasteiger partial charge in [-0.05, 0) is 55.6 Å². The van der Waals surface area contributed by atoms with Crippen molar-refractivity contribution in [2.45, 2.75) is 121 Å². The third kappa shape index (κ3) is 29.9. The number of aliphatic carboxylic acids is 2. The van der Waals surface area contributed by atoms with Gasteiger partial charge in [-0.3, -0.25) is 57.5 Å². The van der Waals surface area contributed by atoms with Crippen molar-refractivity contribution >= 4 is 88.7 Å². The Morgan fingerprint density at radius 1 is 0.550 bits per heavy atom. The van der Waals surface area contributed by atoms with Gasteiger partial charge in [0, 0.05) is 6.42 Å². The number of carbonyl (C=O) groups excluding carboxylic acids is 11. The van der Waals surface area contributed by atoms with Crippen molar-refractivity contribution in [1.29, 1.82) is 0 Å². The number of aliphatic hydroxyl groups excluding tert-OH is 2. The number of alkyl halides is 3. The summed E-state index contributed by atoms with van der Waals surface area (Å²) < 4.78 is 31.7. The van der Waals surface area contributed by atoms with Crippen molar-refractivity contribution in [3.63, 3.8) is 0 Å². The molecule has 0 aromatic heterocycles. The molecule has 1 rings (SSSR count). The van der Waals surface area contributed by atoms with E-state index in [9.17, 15) is 86.0 Å². The second kappa shape index (κ2) is 37.3. The predicted octanol–water partition coefficient (Wildman–Crippen LogP) is -5.26. The van der Waals surface area contributed by atoms with E-state index in [1.54, 1.807) is 50.4 Å². The maximum atomic E-state index is 13.7. The highest BCUT2D eigenvalue weighted by atomic mass is 32.2. The predicted molar refractivity (Wildman–Crippen MR) is 278 cm³/mol. The lowest BCUT2D eigenvalue weighted by Gasteiger charge is -2.27. The molecule has 0 unspecified atom stereocenters. The van der Waals surface area contributed by atoms with Gasteiger partial charge in [0.2, 0.25) is 65.0 Å². The molecule has 0 fully saturated rings. The number of benzene rings is 1. The largest absolute Gasteiger partial charge is 0.490 e. The third-order valence-electron chi connectivity index (χ3n) is 10.6. The number of thioether (sulfide) groups is 1. The number of hydrogen-bond donors (Lipinski definition) is 16. The molecular weight excluding hydrogens is 1090 g/mol. The highest BCUT2D eigenvalue weighted by Gasteiger charge is 2.38. The summed E-state index contributed by atoms with van der Waals surface area (Å²) in [5, 5.41) is 60.2. The van der Waals surface area contributed by atoms with Gasteiger partial charge < -0.3 is 85.1 Å². The molecule has 18 N–H and O–H groups in total. The standard InChI is InChI=1S/C45H72N12O15S.C2HF3O2/c1-23(2)14-28(38(47)65)52-36(62)20-48-35(61)19-49-40(67)32(21-58)56-43(70)30(16-26-10-8-7-9-11-26)53-39(66)25(5)50-42(69)29(15-24(3)4)54-45(72)33(22-59)57-44(71)31(17-37(63)64)55-41(68)27(12-13-73-6)51-34(60)18-46;3-2(4,5)1(6)7/h7-11,23-25,27-33,58-59H,12-22,46H2,1-6H3,(H2,47,65)(H,48,61)(H,49,67)(H,50,69)(H,51,60)(H,52,62)(H,53,66)(H,54,72)(H,55,68)(H,56,70)(H,57,71)(H,63,64);(H,6,7)/t25-,27-,28-,29-,30-,31-,32-,33-;/m0./s1. The van der Waals surface area contributed by atoms with Gasteiger partial charge >= 0.3 is 18.1 Å². The molecule has 450 valence electrons. The number of nitrogens with two attached hydrogens (primary N) is 2. The average Bonchev–Trinajstić information content (AvgIpc) is 3.37. The van der Waals surface area contributed by atoms with Crippen LogP contribution in [0, 0.1) is 11.8 Å². The van der Waals surface area contributed by atoms with Crippen LogP contribution in [0.1, 0.15) is 65.9 Å². The Labute approximate surface area is 461 Å². The first-order valence-electron chi connectivity index (χ1n) is 24.5. The van der Waals surface area contributed by atoms with E-state index in [2.05, 4.69) is 53.2 Å². The van der Waals surface area contributed by atoms with Crippen LogP contribution in [0.15, 0.2) is 30.3 Å². The number of carbonyl (C=O) groups is 13. The van der Waals surface area contributed by atoms with E-state index in [4.69, 9.17) is 21.4 Å². The van der Waals surface area contributed by atoms with Crippen molar-refractivity contribution in [3.8, 4) is 0 Å². The van der Waals surface area contributed by atoms with Crippen LogP contribution in [-0.2, 0) is 68.7 Å². The van der Waals surface area contributed by atoms with Crippen LogP contribution in [0.2, 0.25) is 0 Å². The molecule has 0 saturated heterocycles. The van der Waals surface area contributed by atoms with E-state index in [1.807, 2.05) is 13.8 Å². The summed E-state index contributed by atoms with van der Waals surface area (Å²) in [6.07, 6.45) is -4.15. The lowest BCUT2D eigenvalue weighted by Crippen LogP contribution is -2.61. The summed E-state index contributed by atoms with van der Waals surface area (Å²) >= 11 is 1.35. The first kappa shape index (κ1) is 72.3. The zero-order valence-corrected chi connectivity index (χ0v) is 45.5. The van der Waals surface area contributed by atoms with E-state index < -0.39 is 171 Å². The Morgan fingerprint density at radius 3 is 1.48 bits per heavy atom. The Kier molecular flexibility index (Phi) is 33.7. The minimum atomic E-state index is -5.08. The van der Waals surface area contributed by atoms with Gasteiger partial charge in [-0.15, -0.1) is 0 Å². The van der Waals surface area contributed by atoms with E-state index >= 15 is 0 Å². The molecule has 1 aromatic carbocycles. The average molecular weight is 1170 g/mol. The van der Waals surface area contributed by atoms with Crippen LogP contribution >= 0.6 is 11.8 Å². The van der Waals surface area contributed by atoms with Crippen LogP contribution in [0.4, 0.5) is 13.2 Å². The van der Waals surface area contributed by atoms with Crippen LogP contribution in [0.25, 0.3) is 0 Å². The SMILES string of the molecule is CSCC[C@H](NC(=O)CN)C(=O)N[C@@H](CC(=O)O)C(=O)N[C@@H](CO)C(=O)N[C@@H](CC(C)C)C(=O)N[C@@H](C)C(=O)N[C@@H](Cc1ccccc1)C(=O)N[C@@H](CO)C(=O)NCC(=O)NCC(=O)N[C@@H](CC(C)C)C(N)=O.O=C(O)C(F)(F)F. The van der Waals surface area contributed by atoms with Crippen molar-refractivity contribution < 1.29 is 95.9 Å². The molecule has 0 aliphatic carbocycles. The molecular formula is C47H73F3N12O17S. The van der Waals surface area contributed by atoms with E-state index in [-0.39, 0.29) is 37.5 Å². The summed E-state index contributed by atoms with van der Waals surface area (Å²) in [5.41, 5.74) is 11.2. The van der Waals surface area contributed by atoms with Crippen molar-refractivity contribution in [2.24, 2.45) is 23.3 Å². The fourth-order valence-electron chi connectivity index (χ4n) is 6.55. The molecule has 0 radical (unpaired) electrons. The van der Waals surface area contributed by atoms with Crippen molar-refractivity contribution in [1.82, 2.24) is 53.2 Å². The van der Waals surface area contributed by atoms with Gasteiger partial charge in [0.1, 0.15) is 48.3 Å². The topological polar surface area (TPSA) is 475 Å². The Balaban J connectivity index is 0.00000830. The molecule has 80 heavy (non-hydrogen) atoms. The quantitative estimate of drug-likeness (QED) is 0.0307. The zero-order valence-electron chi connectivity index (χ0n) is 44.7. The summed E-state index contributed by atoms with van der Waals surface area (Å²) in [5.74, 6) is -14.2. The molecule has 0 heterocycles. The van der Waals surface area contributed by atoms with Gasteiger partial charge in [0.25, 0.3) is 0 Å². The fraction of sp³-hybridized carbons (Fsp3) is 0.596. The molecule has 0 saturated carbocycles. The summed E-state index contributed by atoms with van der Waals surface area (Å²) in [6, 6.07) is -3.31. The van der Waals surface area contributed by atoms with Crippen LogP contribution in [-0.4, -0.2) is 197 Å². The monoisotopic (exact) mass is 1170 g/mol. The molecule has 33 heteroatoms. The molecule has 1 aromatic rings. The molecule has 11 amide bonds. The number of amides is 11. The summed E-state index contributed by atoms with van der Waals surface area (Å²) in [7, 11) is 0. The smallest absolute Gasteiger partial charge is 0.481 e. The maximum absolute atomic E-state index is 13.7. The van der Waals surface area contributed by atoms with Gasteiger partial charge in [-0.1, -0.05) is 58.0 Å². The Morgan fingerprint density at radius 2 is 0.988 bits per heavy atom. The van der Waals surface area contributed by atoms with Crippen LogP contribution in [0.3, 0.4) is 0 Å². The number of hydrogen-bond acceptors (Lipinski definition) is 17. The number of aliphatic hydroxyl groups is 2. The van der Waals surface area contributed by atoms with Gasteiger partial charge in [-0.2, -0.15) is 24.9 Å². The Bertz CT molecular complexity index is 2280. The van der Waals surface area contributed by atoms with E-state index in [1.165, 1.54) is 18.7 Å². The van der Waals surface area contributed by atoms with E-state index in [0.29, 0.717) is 11.3 Å². The lowest BCUT2D eigenvalue weighted by atomic mass is 10.0. The second-order valence-corrected chi connectivity index (χ2v) is 19.4. The van der Waals surface area contributed by atoms with Crippen molar-refractivity contribution in [3.05, 3.63) is 35.9 Å². The summed E-state index contributed by atoms with van der Waals surface area (Å²) in [4.78, 5) is 163. The molecule has 8 atom stereocenters. The van der Waals surface area contributed by atoms with Crippen LogP contribution < -0.4 is 64.6 Å². The highest BCUT2D eigenvalue weighted by molar-refractivity contribution is 7.98. The van der Waals surface area contributed by atoms with Crippen LogP contribution in [0.5, 0.6) is 0 Å². The minimum absolute atomic E-state index is 0.0256. The molecule has 0 bridgehead atoms. The first-order valence-corrected chi connectivity index (χ1v) is 25.9. The van der Waals surface area contributed by atoms with Gasteiger partial charge in [0.15, 0.2) is 0 Å². The summed E-state index contributed by atoms with van der Waals surface area (Å²) in [6.45, 7) is 4.59. The van der Waals surface area contributed by atoms with Gasteiger partial charge in [-0.25, -0.2) is 4.79 Å². The van der Waals surface area contributed by atoms with E-state index in [0.717, 1.165) is 0 Å². The first-order chi connectivity index (χ1) is 37.3. The zero-order chi connectivity index (χ0) is 61.4. The number of primary amides is 1. The number of carboxylic acid groups (broad SMARTS) is 2. The fourth-order valence-corrected chi connectivity index (χ4v) is 7.02. The normalized spacial score (nSPS) is 14.0. The lowest BCUT2D eigenvalue weighted by molar-refractivity contribution is -0.192. The minimum Gasteiger partial charge on any atom is -0.481 e.